The molecule has 0 aromatic heterocycles. The molecule has 0 saturated heterocycles. The number of rotatable bonds is 10. The normalized spacial score (nSPS) is 11.4. The molecule has 0 amide bonds. The summed E-state index contributed by atoms with van der Waals surface area (Å²) >= 11 is 0. The summed E-state index contributed by atoms with van der Waals surface area (Å²) in [5, 5.41) is 0. The quantitative estimate of drug-likeness (QED) is 0.217. The highest BCUT2D eigenvalue weighted by Gasteiger charge is 2.01. The van der Waals surface area contributed by atoms with Gasteiger partial charge < -0.3 is 10.5 Å². The second-order valence-corrected chi connectivity index (χ2v) is 4.20. The van der Waals surface area contributed by atoms with E-state index in [0.29, 0.717) is 5.76 Å². The molecule has 0 aliphatic rings. The van der Waals surface area contributed by atoms with Gasteiger partial charge in [0.05, 0.1) is 0 Å². The first-order valence-corrected chi connectivity index (χ1v) is 6.66. The van der Waals surface area contributed by atoms with Crippen molar-refractivity contribution in [2.24, 2.45) is 5.73 Å². The topological polar surface area (TPSA) is 69.4 Å². The van der Waals surface area contributed by atoms with Crippen LogP contribution in [0.3, 0.4) is 0 Å². The van der Waals surface area contributed by atoms with E-state index in [-0.39, 0.29) is 5.97 Å². The first kappa shape index (κ1) is 17.4. The number of hydrogen-bond donors (Lipinski definition) is 1. The third-order valence-corrected chi connectivity index (χ3v) is 2.46. The fourth-order valence-corrected chi connectivity index (χ4v) is 1.58. The van der Waals surface area contributed by atoms with Crippen LogP contribution in [0.15, 0.2) is 30.1 Å². The maximum absolute atomic E-state index is 10.9. The van der Waals surface area contributed by atoms with E-state index in [1.165, 1.54) is 13.0 Å². The molecule has 106 valence electrons. The molecule has 19 heavy (non-hydrogen) atoms. The minimum absolute atomic E-state index is 0.325. The molecule has 0 aromatic carbocycles. The second kappa shape index (κ2) is 12.8. The average molecular weight is 265 g/mol. The molecule has 0 rings (SSSR count). The first-order valence-electron chi connectivity index (χ1n) is 6.66. The maximum atomic E-state index is 10.9. The van der Waals surface area contributed by atoms with E-state index < -0.39 is 0 Å². The minimum Gasteiger partial charge on any atom is -0.431 e. The minimum atomic E-state index is -0.325. The van der Waals surface area contributed by atoms with Crippen LogP contribution in [-0.2, 0) is 14.3 Å². The number of allylic oxidation sites excluding steroid dienone is 5. The van der Waals surface area contributed by atoms with Crippen LogP contribution in [0.2, 0.25) is 0 Å². The zero-order valence-corrected chi connectivity index (χ0v) is 11.6. The predicted octanol–water partition coefficient (Wildman–Crippen LogP) is 2.68. The standard InChI is InChI=1S/C15H23NO3/c1-14(18)19-15(11-7-5-9-13-17)10-6-3-2-4-8-12-16/h5,7,9,11H,2-4,6,8,10,12,16H2,1H3/b7-5-,15-11+. The van der Waals surface area contributed by atoms with Crippen LogP contribution >= 0.6 is 0 Å². The van der Waals surface area contributed by atoms with Gasteiger partial charge in [-0.05, 0) is 25.5 Å². The summed E-state index contributed by atoms with van der Waals surface area (Å²) < 4.78 is 5.10. The van der Waals surface area contributed by atoms with Gasteiger partial charge in [-0.25, -0.2) is 4.79 Å². The van der Waals surface area contributed by atoms with Crippen LogP contribution in [0.1, 0.15) is 45.4 Å². The van der Waals surface area contributed by atoms with Crippen LogP contribution in [0.5, 0.6) is 0 Å². The molecule has 0 aliphatic heterocycles. The highest BCUT2D eigenvalue weighted by Crippen LogP contribution is 2.12. The number of ether oxygens (including phenoxy) is 1. The van der Waals surface area contributed by atoms with Crippen molar-refractivity contribution >= 4 is 11.9 Å². The van der Waals surface area contributed by atoms with Gasteiger partial charge in [0.15, 0.2) is 0 Å². The van der Waals surface area contributed by atoms with Gasteiger partial charge in [-0.2, -0.15) is 0 Å². The van der Waals surface area contributed by atoms with E-state index >= 15 is 0 Å². The molecule has 0 saturated carbocycles. The summed E-state index contributed by atoms with van der Waals surface area (Å²) in [6.07, 6.45) is 12.3. The lowest BCUT2D eigenvalue weighted by Crippen LogP contribution is -1.99. The number of unbranched alkanes of at least 4 members (excludes halogenated alkanes) is 4. The Labute approximate surface area is 115 Å². The zero-order chi connectivity index (χ0) is 14.3. The van der Waals surface area contributed by atoms with Gasteiger partial charge >= 0.3 is 5.97 Å². The van der Waals surface area contributed by atoms with E-state index in [2.05, 4.69) is 0 Å². The van der Waals surface area contributed by atoms with Crippen LogP contribution < -0.4 is 5.73 Å². The third-order valence-electron chi connectivity index (χ3n) is 2.46. The fourth-order valence-electron chi connectivity index (χ4n) is 1.58. The molecule has 2 N–H and O–H groups in total. The lowest BCUT2D eigenvalue weighted by atomic mass is 10.1. The largest absolute Gasteiger partial charge is 0.431 e. The van der Waals surface area contributed by atoms with Crippen LogP contribution in [0.4, 0.5) is 0 Å². The molecule has 0 heterocycles. The van der Waals surface area contributed by atoms with Crippen LogP contribution in [0.25, 0.3) is 0 Å². The predicted molar refractivity (Wildman–Crippen MR) is 76.0 cm³/mol. The molecule has 4 nitrogen and oxygen atoms in total. The molecule has 0 fully saturated rings. The summed E-state index contributed by atoms with van der Waals surface area (Å²) in [4.78, 5) is 20.9. The molecule has 0 aliphatic carbocycles. The number of carbonyl (C=O) groups is 1. The Morgan fingerprint density at radius 2 is 1.84 bits per heavy atom. The van der Waals surface area contributed by atoms with Gasteiger partial charge in [-0.15, -0.1) is 0 Å². The van der Waals surface area contributed by atoms with Gasteiger partial charge in [0, 0.05) is 19.4 Å². The Balaban J connectivity index is 4.06. The van der Waals surface area contributed by atoms with Crippen molar-refractivity contribution in [3.8, 4) is 0 Å². The monoisotopic (exact) mass is 265 g/mol. The van der Waals surface area contributed by atoms with Crippen molar-refractivity contribution in [1.82, 2.24) is 0 Å². The molecule has 0 bridgehead atoms. The lowest BCUT2D eigenvalue weighted by molar-refractivity contribution is -0.137. The Bertz CT molecular complexity index is 352. The molecule has 0 aromatic rings. The molecule has 0 unspecified atom stereocenters. The van der Waals surface area contributed by atoms with Gasteiger partial charge in [0.2, 0.25) is 0 Å². The van der Waals surface area contributed by atoms with Crippen molar-refractivity contribution < 1.29 is 14.3 Å². The molecule has 0 atom stereocenters. The summed E-state index contributed by atoms with van der Waals surface area (Å²) in [6, 6.07) is 0. The SMILES string of the molecule is CC(=O)O/C(=C/C=C\C=C=O)CCCCCCCN. The maximum Gasteiger partial charge on any atom is 0.307 e. The highest BCUT2D eigenvalue weighted by molar-refractivity contribution is 5.67. The Morgan fingerprint density at radius 3 is 2.47 bits per heavy atom. The van der Waals surface area contributed by atoms with E-state index in [9.17, 15) is 9.59 Å². The first-order chi connectivity index (χ1) is 9.20. The van der Waals surface area contributed by atoms with Crippen molar-refractivity contribution in [2.45, 2.75) is 45.4 Å². The van der Waals surface area contributed by atoms with E-state index in [1.807, 2.05) is 0 Å². The molecule has 0 spiro atoms. The van der Waals surface area contributed by atoms with E-state index in [1.54, 1.807) is 24.2 Å². The molecular formula is C15H23NO3. The van der Waals surface area contributed by atoms with Crippen molar-refractivity contribution in [3.63, 3.8) is 0 Å². The number of nitrogens with two attached hydrogens (primary N) is 1. The van der Waals surface area contributed by atoms with E-state index in [0.717, 1.165) is 45.1 Å². The fraction of sp³-hybridized carbons (Fsp3) is 0.533. The van der Waals surface area contributed by atoms with Crippen molar-refractivity contribution in [2.75, 3.05) is 6.54 Å². The average Bonchev–Trinajstić information content (AvgIpc) is 2.37. The summed E-state index contributed by atoms with van der Waals surface area (Å²) in [7, 11) is 0. The lowest BCUT2D eigenvalue weighted by Gasteiger charge is -2.06. The number of esters is 1. The highest BCUT2D eigenvalue weighted by atomic mass is 16.5. The number of hydrogen-bond acceptors (Lipinski definition) is 4. The van der Waals surface area contributed by atoms with Gasteiger partial charge in [-0.1, -0.05) is 31.4 Å². The van der Waals surface area contributed by atoms with Crippen LogP contribution in [-0.4, -0.2) is 18.5 Å². The van der Waals surface area contributed by atoms with Gasteiger partial charge in [0.1, 0.15) is 11.7 Å². The Hall–Kier alpha value is -1.64. The molecule has 4 heteroatoms. The van der Waals surface area contributed by atoms with Gasteiger partial charge in [-0.3, -0.25) is 4.79 Å². The third kappa shape index (κ3) is 12.6. The second-order valence-electron chi connectivity index (χ2n) is 4.20. The Morgan fingerprint density at radius 1 is 1.16 bits per heavy atom. The Kier molecular flexibility index (Phi) is 11.7. The van der Waals surface area contributed by atoms with E-state index in [4.69, 9.17) is 10.5 Å². The summed E-state index contributed by atoms with van der Waals surface area (Å²) in [5.41, 5.74) is 5.42. The van der Waals surface area contributed by atoms with Crippen molar-refractivity contribution in [3.05, 3.63) is 30.1 Å². The smallest absolute Gasteiger partial charge is 0.307 e. The zero-order valence-electron chi connectivity index (χ0n) is 11.6. The molecule has 0 radical (unpaired) electrons. The molecular weight excluding hydrogens is 242 g/mol. The van der Waals surface area contributed by atoms with Crippen LogP contribution in [0, 0.1) is 0 Å². The number of carbonyl (C=O) groups excluding carboxylic acids is 2. The van der Waals surface area contributed by atoms with Gasteiger partial charge in [0.25, 0.3) is 0 Å². The summed E-state index contributed by atoms with van der Waals surface area (Å²) in [6.45, 7) is 2.12. The van der Waals surface area contributed by atoms with Crippen molar-refractivity contribution in [1.29, 1.82) is 0 Å². The summed E-state index contributed by atoms with van der Waals surface area (Å²) in [5.74, 6) is 1.95.